The summed E-state index contributed by atoms with van der Waals surface area (Å²) < 4.78 is 11.1. The molecule has 0 saturated heterocycles. The summed E-state index contributed by atoms with van der Waals surface area (Å²) in [5, 5.41) is 6.65. The molecule has 6 heteroatoms. The maximum atomic E-state index is 5.69. The van der Waals surface area contributed by atoms with Crippen LogP contribution in [0.2, 0.25) is 0 Å². The number of hydrogen-bond acceptors (Lipinski definition) is 4. The molecule has 0 bridgehead atoms. The number of aryl methyl sites for hydroxylation is 1. The molecule has 0 saturated carbocycles. The Bertz CT molecular complexity index is 698. The van der Waals surface area contributed by atoms with E-state index in [4.69, 9.17) is 9.47 Å². The summed E-state index contributed by atoms with van der Waals surface area (Å²) in [6.45, 7) is 6.31. The van der Waals surface area contributed by atoms with Crippen molar-refractivity contribution in [2.75, 3.05) is 20.8 Å². The topological polar surface area (TPSA) is 54.9 Å². The molecule has 1 aromatic heterocycles. The second kappa shape index (κ2) is 9.93. The van der Waals surface area contributed by atoms with Crippen molar-refractivity contribution < 1.29 is 9.47 Å². The Morgan fingerprint density at radius 1 is 1.12 bits per heavy atom. The van der Waals surface area contributed by atoms with E-state index in [0.29, 0.717) is 13.2 Å². The van der Waals surface area contributed by atoms with E-state index in [1.54, 1.807) is 25.5 Å². The molecule has 0 spiro atoms. The minimum absolute atomic E-state index is 0.660. The number of nitrogens with zero attached hydrogens (tertiary/aromatic N) is 1. The molecule has 2 rings (SSSR count). The quantitative estimate of drug-likeness (QED) is 0.556. The van der Waals surface area contributed by atoms with Gasteiger partial charge in [0.25, 0.3) is 0 Å². The molecule has 5 nitrogen and oxygen atoms in total. The van der Waals surface area contributed by atoms with Crippen molar-refractivity contribution in [1.82, 2.24) is 10.6 Å². The Hall–Kier alpha value is -2.21. The molecular weight excluding hydrogens is 334 g/mol. The first-order valence-electron chi connectivity index (χ1n) is 8.45. The van der Waals surface area contributed by atoms with Crippen LogP contribution in [-0.2, 0) is 13.1 Å². The number of hydrogen-bond donors (Lipinski definition) is 2. The van der Waals surface area contributed by atoms with Crippen LogP contribution in [0.25, 0.3) is 0 Å². The van der Waals surface area contributed by atoms with E-state index in [-0.39, 0.29) is 0 Å². The fourth-order valence-electron chi connectivity index (χ4n) is 2.31. The average Bonchev–Trinajstić information content (AvgIpc) is 3.05. The molecule has 0 aliphatic carbocycles. The van der Waals surface area contributed by atoms with Crippen molar-refractivity contribution in [2.45, 2.75) is 33.4 Å². The van der Waals surface area contributed by atoms with E-state index in [1.807, 2.05) is 18.2 Å². The molecule has 136 valence electrons. The zero-order valence-electron chi connectivity index (χ0n) is 15.4. The van der Waals surface area contributed by atoms with Gasteiger partial charge < -0.3 is 20.1 Å². The normalized spacial score (nSPS) is 11.3. The lowest BCUT2D eigenvalue weighted by atomic mass is 10.2. The Balaban J connectivity index is 1.89. The van der Waals surface area contributed by atoms with Gasteiger partial charge in [-0.15, -0.1) is 11.3 Å². The number of methoxy groups -OCH3 is 1. The van der Waals surface area contributed by atoms with Gasteiger partial charge in [0.15, 0.2) is 17.5 Å². The Morgan fingerprint density at radius 3 is 2.56 bits per heavy atom. The highest BCUT2D eigenvalue weighted by atomic mass is 32.1. The van der Waals surface area contributed by atoms with E-state index in [0.717, 1.165) is 36.0 Å². The predicted octanol–water partition coefficient (Wildman–Crippen LogP) is 3.72. The lowest BCUT2D eigenvalue weighted by molar-refractivity contribution is 0.294. The number of aliphatic imine (C=N–C) groups is 1. The van der Waals surface area contributed by atoms with Gasteiger partial charge in [-0.05, 0) is 43.2 Å². The van der Waals surface area contributed by atoms with Crippen molar-refractivity contribution >= 4 is 17.3 Å². The van der Waals surface area contributed by atoms with Crippen LogP contribution in [0.4, 0.5) is 0 Å². The summed E-state index contributed by atoms with van der Waals surface area (Å²) in [7, 11) is 3.44. The third-order valence-electron chi connectivity index (χ3n) is 3.60. The van der Waals surface area contributed by atoms with Crippen LogP contribution >= 0.6 is 11.3 Å². The minimum atomic E-state index is 0.660. The first-order chi connectivity index (χ1) is 12.2. The Morgan fingerprint density at radius 2 is 1.92 bits per heavy atom. The van der Waals surface area contributed by atoms with Crippen LogP contribution in [0.3, 0.4) is 0 Å². The smallest absolute Gasteiger partial charge is 0.191 e. The number of rotatable bonds is 8. The highest BCUT2D eigenvalue weighted by Crippen LogP contribution is 2.28. The van der Waals surface area contributed by atoms with Gasteiger partial charge in [-0.2, -0.15) is 0 Å². The molecule has 0 radical (unpaired) electrons. The molecule has 1 aromatic carbocycles. The molecular formula is C19H27N3O2S. The van der Waals surface area contributed by atoms with Gasteiger partial charge in [-0.3, -0.25) is 4.99 Å². The maximum Gasteiger partial charge on any atom is 0.191 e. The van der Waals surface area contributed by atoms with Gasteiger partial charge in [0.05, 0.1) is 20.3 Å². The van der Waals surface area contributed by atoms with Crippen LogP contribution in [-0.4, -0.2) is 26.7 Å². The maximum absolute atomic E-state index is 5.69. The van der Waals surface area contributed by atoms with Crippen LogP contribution in [0, 0.1) is 6.92 Å². The Labute approximate surface area is 154 Å². The fraction of sp³-hybridized carbons (Fsp3) is 0.421. The third kappa shape index (κ3) is 5.98. The van der Waals surface area contributed by atoms with E-state index < -0.39 is 0 Å². The minimum Gasteiger partial charge on any atom is -0.493 e. The number of guanidine groups is 1. The highest BCUT2D eigenvalue weighted by Gasteiger charge is 2.06. The second-order valence-corrected chi connectivity index (χ2v) is 7.00. The van der Waals surface area contributed by atoms with Crippen LogP contribution in [0.15, 0.2) is 35.3 Å². The lowest BCUT2D eigenvalue weighted by Crippen LogP contribution is -2.36. The molecule has 0 aliphatic heterocycles. The first-order valence-corrected chi connectivity index (χ1v) is 9.27. The van der Waals surface area contributed by atoms with Gasteiger partial charge in [-0.1, -0.05) is 13.0 Å². The number of thiophene rings is 1. The standard InChI is InChI=1S/C19H27N3O2S/c1-5-10-24-17-9-7-15(11-18(17)23-4)12-21-19(20-3)22-13-16-8-6-14(2)25-16/h6-9,11H,5,10,12-13H2,1-4H3,(H2,20,21,22). The summed E-state index contributed by atoms with van der Waals surface area (Å²) in [6, 6.07) is 10.3. The zero-order valence-corrected chi connectivity index (χ0v) is 16.2. The van der Waals surface area contributed by atoms with Gasteiger partial charge in [0.1, 0.15) is 0 Å². The molecule has 25 heavy (non-hydrogen) atoms. The predicted molar refractivity (Wildman–Crippen MR) is 105 cm³/mol. The summed E-state index contributed by atoms with van der Waals surface area (Å²) in [5.74, 6) is 2.31. The summed E-state index contributed by atoms with van der Waals surface area (Å²) >= 11 is 1.79. The molecule has 2 aromatic rings. The SMILES string of the molecule is CCCOc1ccc(CNC(=NC)NCc2ccc(C)s2)cc1OC. The highest BCUT2D eigenvalue weighted by molar-refractivity contribution is 7.11. The molecule has 0 fully saturated rings. The molecule has 0 atom stereocenters. The summed E-state index contributed by atoms with van der Waals surface area (Å²) in [4.78, 5) is 6.88. The van der Waals surface area contributed by atoms with Crippen molar-refractivity contribution in [2.24, 2.45) is 4.99 Å². The summed E-state index contributed by atoms with van der Waals surface area (Å²) in [6.07, 6.45) is 0.970. The van der Waals surface area contributed by atoms with Gasteiger partial charge in [-0.25, -0.2) is 0 Å². The van der Waals surface area contributed by atoms with Crippen LogP contribution in [0.5, 0.6) is 11.5 Å². The Kier molecular flexibility index (Phi) is 7.60. The molecule has 1 heterocycles. The summed E-state index contributed by atoms with van der Waals surface area (Å²) in [5.41, 5.74) is 1.11. The molecule has 0 aliphatic rings. The van der Waals surface area contributed by atoms with E-state index in [1.165, 1.54) is 9.75 Å². The lowest BCUT2D eigenvalue weighted by Gasteiger charge is -2.14. The van der Waals surface area contributed by atoms with E-state index >= 15 is 0 Å². The van der Waals surface area contributed by atoms with Crippen LogP contribution in [0.1, 0.15) is 28.7 Å². The average molecular weight is 362 g/mol. The van der Waals surface area contributed by atoms with Gasteiger partial charge in [0.2, 0.25) is 0 Å². The van der Waals surface area contributed by atoms with Crippen molar-refractivity contribution in [3.63, 3.8) is 0 Å². The molecule has 0 unspecified atom stereocenters. The van der Waals surface area contributed by atoms with E-state index in [9.17, 15) is 0 Å². The third-order valence-corrected chi connectivity index (χ3v) is 4.60. The first kappa shape index (κ1) is 19.1. The van der Waals surface area contributed by atoms with Crippen LogP contribution < -0.4 is 20.1 Å². The van der Waals surface area contributed by atoms with Gasteiger partial charge >= 0.3 is 0 Å². The molecule has 2 N–H and O–H groups in total. The van der Waals surface area contributed by atoms with Gasteiger partial charge in [0, 0.05) is 23.3 Å². The van der Waals surface area contributed by atoms with Crippen molar-refractivity contribution in [1.29, 1.82) is 0 Å². The number of benzene rings is 1. The second-order valence-electron chi connectivity index (χ2n) is 5.63. The fourth-order valence-corrected chi connectivity index (χ4v) is 3.14. The van der Waals surface area contributed by atoms with Crippen molar-refractivity contribution in [3.05, 3.63) is 45.6 Å². The molecule has 0 amide bonds. The van der Waals surface area contributed by atoms with E-state index in [2.05, 4.69) is 41.6 Å². The largest absolute Gasteiger partial charge is 0.493 e. The number of ether oxygens (including phenoxy) is 2. The monoisotopic (exact) mass is 361 g/mol. The number of nitrogens with one attached hydrogen (secondary N) is 2. The zero-order chi connectivity index (χ0) is 18.1. The van der Waals surface area contributed by atoms with Crippen molar-refractivity contribution in [3.8, 4) is 11.5 Å².